The fourth-order valence-electron chi connectivity index (χ4n) is 1.71. The number of anilines is 1. The van der Waals surface area contributed by atoms with Crippen LogP contribution in [0.25, 0.3) is 0 Å². The van der Waals surface area contributed by atoms with E-state index in [-0.39, 0.29) is 18.3 Å². The molecule has 0 aliphatic carbocycles. The van der Waals surface area contributed by atoms with Crippen molar-refractivity contribution in [1.82, 2.24) is 0 Å². The topological polar surface area (TPSA) is 75.4 Å². The van der Waals surface area contributed by atoms with Gasteiger partial charge in [-0.15, -0.1) is 0 Å². The molecule has 0 fully saturated rings. The summed E-state index contributed by atoms with van der Waals surface area (Å²) >= 11 is 0. The highest BCUT2D eigenvalue weighted by atomic mass is 16.6. The highest BCUT2D eigenvalue weighted by molar-refractivity contribution is 5.69. The first-order valence-electron chi connectivity index (χ1n) is 4.36. The summed E-state index contributed by atoms with van der Waals surface area (Å²) in [4.78, 5) is 10.2. The summed E-state index contributed by atoms with van der Waals surface area (Å²) in [6.45, 7) is -0.00810. The number of nitro groups is 1. The Morgan fingerprint density at radius 3 is 3.07 bits per heavy atom. The monoisotopic (exact) mass is 194 g/mol. The molecule has 5 nitrogen and oxygen atoms in total. The van der Waals surface area contributed by atoms with Crippen molar-refractivity contribution in [3.05, 3.63) is 33.9 Å². The summed E-state index contributed by atoms with van der Waals surface area (Å²) in [5, 5.41) is 22.5. The molecule has 0 aromatic heterocycles. The highest BCUT2D eigenvalue weighted by Crippen LogP contribution is 2.34. The molecule has 74 valence electrons. The van der Waals surface area contributed by atoms with Crippen LogP contribution in [-0.2, 0) is 6.42 Å². The predicted octanol–water partition coefficient (Wildman–Crippen LogP) is 0.924. The van der Waals surface area contributed by atoms with Crippen molar-refractivity contribution in [2.75, 3.05) is 11.9 Å². The van der Waals surface area contributed by atoms with Crippen LogP contribution in [-0.4, -0.2) is 22.7 Å². The molecule has 0 bridgehead atoms. The maximum atomic E-state index is 10.7. The molecule has 0 radical (unpaired) electrons. The summed E-state index contributed by atoms with van der Waals surface area (Å²) in [6.07, 6.45) is 0.646. The number of aliphatic hydroxyl groups excluding tert-OH is 1. The second kappa shape index (κ2) is 3.26. The summed E-state index contributed by atoms with van der Waals surface area (Å²) in [6, 6.07) is 4.88. The zero-order chi connectivity index (χ0) is 10.1. The molecule has 1 aromatic carbocycles. The maximum Gasteiger partial charge on any atom is 0.292 e. The van der Waals surface area contributed by atoms with Crippen molar-refractivity contribution in [3.8, 4) is 0 Å². The molecule has 1 heterocycles. The Morgan fingerprint density at radius 2 is 2.43 bits per heavy atom. The summed E-state index contributed by atoms with van der Waals surface area (Å²) in [7, 11) is 0. The molecule has 2 N–H and O–H groups in total. The number of nitro benzene ring substituents is 1. The van der Waals surface area contributed by atoms with E-state index < -0.39 is 4.92 Å². The van der Waals surface area contributed by atoms with Gasteiger partial charge in [-0.1, -0.05) is 12.1 Å². The third kappa shape index (κ3) is 1.31. The van der Waals surface area contributed by atoms with E-state index in [0.717, 1.165) is 5.56 Å². The van der Waals surface area contributed by atoms with Gasteiger partial charge in [-0.2, -0.15) is 0 Å². The van der Waals surface area contributed by atoms with Gasteiger partial charge in [-0.25, -0.2) is 0 Å². The van der Waals surface area contributed by atoms with Gasteiger partial charge >= 0.3 is 0 Å². The lowest BCUT2D eigenvalue weighted by Gasteiger charge is -2.05. The van der Waals surface area contributed by atoms with Crippen LogP contribution < -0.4 is 5.32 Å². The van der Waals surface area contributed by atoms with Gasteiger partial charge in [0.05, 0.1) is 17.6 Å². The van der Waals surface area contributed by atoms with E-state index in [1.165, 1.54) is 6.07 Å². The average molecular weight is 194 g/mol. The van der Waals surface area contributed by atoms with Crippen molar-refractivity contribution in [1.29, 1.82) is 0 Å². The van der Waals surface area contributed by atoms with Gasteiger partial charge in [0.15, 0.2) is 0 Å². The van der Waals surface area contributed by atoms with Crippen molar-refractivity contribution in [2.24, 2.45) is 0 Å². The molecule has 1 aliphatic rings. The number of para-hydroxylation sites is 1. The van der Waals surface area contributed by atoms with E-state index in [9.17, 15) is 10.1 Å². The standard InChI is InChI=1S/C9H10N2O3/c12-5-7-4-6-2-1-3-8(11(13)14)9(6)10-7/h1-3,7,10,12H,4-5H2. The van der Waals surface area contributed by atoms with Gasteiger partial charge in [-0.3, -0.25) is 10.1 Å². The Kier molecular flexibility index (Phi) is 2.09. The lowest BCUT2D eigenvalue weighted by molar-refractivity contribution is -0.383. The van der Waals surface area contributed by atoms with Gasteiger partial charge in [-0.05, 0) is 12.0 Å². The normalized spacial score (nSPS) is 18.8. The number of rotatable bonds is 2. The third-order valence-electron chi connectivity index (χ3n) is 2.36. The van der Waals surface area contributed by atoms with Gasteiger partial charge < -0.3 is 10.4 Å². The lowest BCUT2D eigenvalue weighted by Crippen LogP contribution is -2.19. The van der Waals surface area contributed by atoms with E-state index in [4.69, 9.17) is 5.11 Å². The largest absolute Gasteiger partial charge is 0.394 e. The SMILES string of the molecule is O=[N+]([O-])c1cccc2c1NC(CO)C2. The minimum absolute atomic E-state index is 0.00810. The summed E-state index contributed by atoms with van der Waals surface area (Å²) in [5.74, 6) is 0. The molecule has 5 heteroatoms. The van der Waals surface area contributed by atoms with E-state index >= 15 is 0 Å². The minimum Gasteiger partial charge on any atom is -0.394 e. The Labute approximate surface area is 80.5 Å². The van der Waals surface area contributed by atoms with Crippen LogP contribution in [0.15, 0.2) is 18.2 Å². The molecule has 0 amide bonds. The number of fused-ring (bicyclic) bond motifs is 1. The van der Waals surface area contributed by atoms with Crippen molar-refractivity contribution >= 4 is 11.4 Å². The van der Waals surface area contributed by atoms with Gasteiger partial charge in [0, 0.05) is 6.07 Å². The fraction of sp³-hybridized carbons (Fsp3) is 0.333. The molecular formula is C9H10N2O3. The molecule has 0 saturated carbocycles. The number of benzene rings is 1. The first-order valence-corrected chi connectivity index (χ1v) is 4.36. The number of hydrogen-bond donors (Lipinski definition) is 2. The first-order chi connectivity index (χ1) is 6.72. The Balaban J connectivity index is 2.41. The Hall–Kier alpha value is -1.62. The van der Waals surface area contributed by atoms with E-state index in [1.54, 1.807) is 6.07 Å². The van der Waals surface area contributed by atoms with Gasteiger partial charge in [0.2, 0.25) is 0 Å². The number of hydrogen-bond acceptors (Lipinski definition) is 4. The zero-order valence-corrected chi connectivity index (χ0v) is 7.43. The average Bonchev–Trinajstić information content (AvgIpc) is 2.59. The quantitative estimate of drug-likeness (QED) is 0.542. The van der Waals surface area contributed by atoms with Crippen molar-refractivity contribution in [2.45, 2.75) is 12.5 Å². The second-order valence-corrected chi connectivity index (χ2v) is 3.30. The summed E-state index contributed by atoms with van der Waals surface area (Å²) in [5.41, 5.74) is 1.54. The number of nitrogens with zero attached hydrogens (tertiary/aromatic N) is 1. The lowest BCUT2D eigenvalue weighted by atomic mass is 10.1. The minimum atomic E-state index is -0.411. The van der Waals surface area contributed by atoms with Crippen LogP contribution in [0, 0.1) is 10.1 Å². The molecule has 0 saturated heterocycles. The van der Waals surface area contributed by atoms with Crippen molar-refractivity contribution in [3.63, 3.8) is 0 Å². The van der Waals surface area contributed by atoms with Crippen LogP contribution in [0.5, 0.6) is 0 Å². The van der Waals surface area contributed by atoms with Gasteiger partial charge in [0.1, 0.15) is 5.69 Å². The van der Waals surface area contributed by atoms with E-state index in [0.29, 0.717) is 12.1 Å². The molecule has 1 atom stereocenters. The van der Waals surface area contributed by atoms with Crippen LogP contribution >= 0.6 is 0 Å². The van der Waals surface area contributed by atoms with E-state index in [1.807, 2.05) is 6.07 Å². The molecule has 14 heavy (non-hydrogen) atoms. The molecular weight excluding hydrogens is 184 g/mol. The second-order valence-electron chi connectivity index (χ2n) is 3.30. The number of aliphatic hydroxyl groups is 1. The number of nitrogens with one attached hydrogen (secondary N) is 1. The van der Waals surface area contributed by atoms with Crippen molar-refractivity contribution < 1.29 is 10.0 Å². The third-order valence-corrected chi connectivity index (χ3v) is 2.36. The Bertz CT molecular complexity index is 378. The van der Waals surface area contributed by atoms with E-state index in [2.05, 4.69) is 5.32 Å². The van der Waals surface area contributed by atoms with Gasteiger partial charge in [0.25, 0.3) is 5.69 Å². The van der Waals surface area contributed by atoms with Crippen LogP contribution in [0.1, 0.15) is 5.56 Å². The van der Waals surface area contributed by atoms with Crippen LogP contribution in [0.3, 0.4) is 0 Å². The fourth-order valence-corrected chi connectivity index (χ4v) is 1.71. The Morgan fingerprint density at radius 1 is 1.64 bits per heavy atom. The maximum absolute atomic E-state index is 10.7. The van der Waals surface area contributed by atoms with Crippen LogP contribution in [0.2, 0.25) is 0 Å². The predicted molar refractivity (Wildman–Crippen MR) is 51.3 cm³/mol. The molecule has 2 rings (SSSR count). The zero-order valence-electron chi connectivity index (χ0n) is 7.43. The smallest absolute Gasteiger partial charge is 0.292 e. The first kappa shape index (κ1) is 8.96. The summed E-state index contributed by atoms with van der Waals surface area (Å²) < 4.78 is 0. The molecule has 0 spiro atoms. The molecule has 1 unspecified atom stereocenters. The van der Waals surface area contributed by atoms with Crippen LogP contribution in [0.4, 0.5) is 11.4 Å². The molecule has 1 aromatic rings. The highest BCUT2D eigenvalue weighted by Gasteiger charge is 2.26. The molecule has 1 aliphatic heterocycles.